The van der Waals surface area contributed by atoms with Gasteiger partial charge in [0.1, 0.15) is 11.6 Å². The lowest BCUT2D eigenvalue weighted by Crippen LogP contribution is -2.21. The number of pyridine rings is 1. The summed E-state index contributed by atoms with van der Waals surface area (Å²) in [5.74, 6) is 0.838. The second kappa shape index (κ2) is 10.9. The summed E-state index contributed by atoms with van der Waals surface area (Å²) in [5.41, 5.74) is 3.57. The van der Waals surface area contributed by atoms with Crippen LogP contribution in [0.25, 0.3) is 27.7 Å². The Labute approximate surface area is 229 Å². The second-order valence-electron chi connectivity index (χ2n) is 8.82. The van der Waals surface area contributed by atoms with Crippen LogP contribution in [-0.2, 0) is 5.75 Å². The van der Waals surface area contributed by atoms with E-state index in [1.54, 1.807) is 36.0 Å². The van der Waals surface area contributed by atoms with Crippen LogP contribution in [-0.4, -0.2) is 18.8 Å². The molecule has 0 atom stereocenters. The Hall–Kier alpha value is -3.74. The number of methoxy groups -OCH3 is 2. The van der Waals surface area contributed by atoms with Gasteiger partial charge in [0.15, 0.2) is 5.75 Å². The Balaban J connectivity index is 1.63. The molecule has 0 bridgehead atoms. The quantitative estimate of drug-likeness (QED) is 0.194. The van der Waals surface area contributed by atoms with Gasteiger partial charge in [0, 0.05) is 32.7 Å². The van der Waals surface area contributed by atoms with Crippen molar-refractivity contribution in [3.63, 3.8) is 0 Å². The second-order valence-corrected chi connectivity index (χ2v) is 10.3. The number of aromatic nitrogens is 1. The van der Waals surface area contributed by atoms with Gasteiger partial charge in [-0.25, -0.2) is 4.39 Å². The summed E-state index contributed by atoms with van der Waals surface area (Å²) < 4.78 is 28.1. The molecule has 1 aromatic heterocycles. The molecule has 4 aromatic carbocycles. The smallest absolute Gasteiger partial charge is 0.298 e. The molecule has 0 spiro atoms. The molecule has 5 rings (SSSR count). The van der Waals surface area contributed by atoms with Crippen LogP contribution in [0.4, 0.5) is 4.39 Å². The molecular formula is C31H25ClFNO3S. The normalized spacial score (nSPS) is 11.1. The van der Waals surface area contributed by atoms with Crippen LogP contribution < -0.4 is 15.0 Å². The number of nitrogens with zero attached hydrogens (tertiary/aromatic N) is 1. The van der Waals surface area contributed by atoms with Gasteiger partial charge in [-0.2, -0.15) is 0 Å². The van der Waals surface area contributed by atoms with Crippen LogP contribution in [0.5, 0.6) is 11.5 Å². The van der Waals surface area contributed by atoms with E-state index in [1.807, 2.05) is 49.4 Å². The monoisotopic (exact) mass is 545 g/mol. The van der Waals surface area contributed by atoms with Crippen LogP contribution in [0, 0.1) is 12.7 Å². The molecule has 0 aliphatic heterocycles. The van der Waals surface area contributed by atoms with E-state index >= 15 is 4.39 Å². The molecule has 0 fully saturated rings. The fourth-order valence-electron chi connectivity index (χ4n) is 4.41. The van der Waals surface area contributed by atoms with Gasteiger partial charge >= 0.3 is 0 Å². The minimum absolute atomic E-state index is 0.155. The lowest BCUT2D eigenvalue weighted by Gasteiger charge is -2.18. The summed E-state index contributed by atoms with van der Waals surface area (Å²) in [4.78, 5) is 14.5. The molecular weight excluding hydrogens is 521 g/mol. The predicted octanol–water partition coefficient (Wildman–Crippen LogP) is 8.07. The number of halogens is 2. The fraction of sp³-hybridized carbons (Fsp3) is 0.129. The molecule has 7 heteroatoms. The molecule has 0 saturated carbocycles. The number of aryl methyl sites for hydroxylation is 1. The van der Waals surface area contributed by atoms with Gasteiger partial charge in [-0.15, -0.1) is 11.8 Å². The average molecular weight is 546 g/mol. The largest absolute Gasteiger partial charge is 0.495 e. The lowest BCUT2D eigenvalue weighted by molar-refractivity contribution is 0.403. The van der Waals surface area contributed by atoms with Crippen molar-refractivity contribution in [3.8, 4) is 28.3 Å². The van der Waals surface area contributed by atoms with E-state index in [0.717, 1.165) is 21.6 Å². The van der Waals surface area contributed by atoms with Crippen molar-refractivity contribution in [1.82, 2.24) is 4.57 Å². The third-order valence-electron chi connectivity index (χ3n) is 6.39. The first-order chi connectivity index (χ1) is 18.4. The van der Waals surface area contributed by atoms with Crippen molar-refractivity contribution >= 4 is 34.3 Å². The van der Waals surface area contributed by atoms with Gasteiger partial charge in [-0.3, -0.25) is 9.36 Å². The van der Waals surface area contributed by atoms with E-state index in [4.69, 9.17) is 21.1 Å². The first-order valence-electron chi connectivity index (χ1n) is 11.9. The molecule has 0 radical (unpaired) electrons. The van der Waals surface area contributed by atoms with E-state index in [0.29, 0.717) is 27.4 Å². The molecule has 38 heavy (non-hydrogen) atoms. The molecule has 0 amide bonds. The summed E-state index contributed by atoms with van der Waals surface area (Å²) in [6, 6.07) is 26.0. The summed E-state index contributed by atoms with van der Waals surface area (Å²) in [6.07, 6.45) is 0. The Bertz CT molecular complexity index is 1700. The van der Waals surface area contributed by atoms with Crippen molar-refractivity contribution in [2.75, 3.05) is 14.2 Å². The molecule has 0 N–H and O–H groups in total. The number of benzene rings is 4. The zero-order chi connectivity index (χ0) is 26.8. The van der Waals surface area contributed by atoms with E-state index in [-0.39, 0.29) is 11.4 Å². The van der Waals surface area contributed by atoms with Crippen LogP contribution in [0.1, 0.15) is 11.1 Å². The average Bonchev–Trinajstić information content (AvgIpc) is 2.93. The zero-order valence-electron chi connectivity index (χ0n) is 21.1. The number of hydrogen-bond acceptors (Lipinski definition) is 4. The molecule has 4 nitrogen and oxygen atoms in total. The topological polar surface area (TPSA) is 40.5 Å². The SMILES string of the molecule is COc1cc(-c2ccc(Cl)c(C)c2)c(F)cc1-n1c(=O)c(OC)cc2cc(SCc3ccccc3)ccc21. The maximum atomic E-state index is 15.6. The molecule has 0 aliphatic carbocycles. The van der Waals surface area contributed by atoms with Gasteiger partial charge in [0.05, 0.1) is 25.4 Å². The van der Waals surface area contributed by atoms with Crippen LogP contribution >= 0.6 is 23.4 Å². The van der Waals surface area contributed by atoms with E-state index < -0.39 is 11.4 Å². The fourth-order valence-corrected chi connectivity index (χ4v) is 5.42. The first-order valence-corrected chi connectivity index (χ1v) is 13.3. The summed E-state index contributed by atoms with van der Waals surface area (Å²) >= 11 is 7.86. The highest BCUT2D eigenvalue weighted by molar-refractivity contribution is 7.98. The highest BCUT2D eigenvalue weighted by Gasteiger charge is 2.19. The van der Waals surface area contributed by atoms with Crippen LogP contribution in [0.2, 0.25) is 5.02 Å². The third-order valence-corrected chi connectivity index (χ3v) is 7.88. The van der Waals surface area contributed by atoms with Crippen molar-refractivity contribution in [2.45, 2.75) is 17.6 Å². The molecule has 0 saturated heterocycles. The Morgan fingerprint density at radius 3 is 2.37 bits per heavy atom. The predicted molar refractivity (Wildman–Crippen MR) is 154 cm³/mol. The van der Waals surface area contributed by atoms with E-state index in [1.165, 1.54) is 30.4 Å². The maximum Gasteiger partial charge on any atom is 0.298 e. The van der Waals surface area contributed by atoms with Gasteiger partial charge in [0.2, 0.25) is 0 Å². The molecule has 0 aliphatic rings. The third kappa shape index (κ3) is 5.02. The molecule has 192 valence electrons. The summed E-state index contributed by atoms with van der Waals surface area (Å²) in [7, 11) is 2.95. The first kappa shape index (κ1) is 25.9. The molecule has 0 unspecified atom stereocenters. The van der Waals surface area contributed by atoms with Gasteiger partial charge in [0.25, 0.3) is 5.56 Å². The Kier molecular flexibility index (Phi) is 7.45. The van der Waals surface area contributed by atoms with E-state index in [2.05, 4.69) is 12.1 Å². The van der Waals surface area contributed by atoms with Crippen molar-refractivity contribution in [3.05, 3.63) is 117 Å². The standard InChI is InChI=1S/C31H25ClFNO3S/c1-19-13-21(9-11-25(19)32)24-16-29(36-2)28(17-26(24)33)34-27-12-10-23(38-18-20-7-5-4-6-8-20)14-22(27)15-30(37-3)31(34)35/h4-17H,18H2,1-3H3. The van der Waals surface area contributed by atoms with Crippen LogP contribution in [0.3, 0.4) is 0 Å². The van der Waals surface area contributed by atoms with Gasteiger partial charge < -0.3 is 9.47 Å². The summed E-state index contributed by atoms with van der Waals surface area (Å²) in [6.45, 7) is 1.86. The zero-order valence-corrected chi connectivity index (χ0v) is 22.7. The Morgan fingerprint density at radius 1 is 0.895 bits per heavy atom. The minimum atomic E-state index is -0.486. The molecule has 5 aromatic rings. The Morgan fingerprint density at radius 2 is 1.66 bits per heavy atom. The number of fused-ring (bicyclic) bond motifs is 1. The van der Waals surface area contributed by atoms with Gasteiger partial charge in [-0.05, 0) is 66.1 Å². The number of rotatable bonds is 7. The minimum Gasteiger partial charge on any atom is -0.495 e. The maximum absolute atomic E-state index is 15.6. The highest BCUT2D eigenvalue weighted by atomic mass is 35.5. The van der Waals surface area contributed by atoms with Gasteiger partial charge in [-0.1, -0.05) is 48.0 Å². The summed E-state index contributed by atoms with van der Waals surface area (Å²) in [5, 5.41) is 1.40. The number of hydrogen-bond donors (Lipinski definition) is 0. The van der Waals surface area contributed by atoms with Crippen molar-refractivity contribution in [2.24, 2.45) is 0 Å². The highest BCUT2D eigenvalue weighted by Crippen LogP contribution is 2.36. The van der Waals surface area contributed by atoms with Crippen LogP contribution in [0.15, 0.2) is 94.6 Å². The number of thioether (sulfide) groups is 1. The molecule has 1 heterocycles. The van der Waals surface area contributed by atoms with Crippen molar-refractivity contribution < 1.29 is 13.9 Å². The number of ether oxygens (including phenoxy) is 2. The van der Waals surface area contributed by atoms with E-state index in [9.17, 15) is 4.79 Å². The lowest BCUT2D eigenvalue weighted by atomic mass is 10.0. The van der Waals surface area contributed by atoms with Crippen molar-refractivity contribution in [1.29, 1.82) is 0 Å².